The smallest absolute Gasteiger partial charge is 0.348 e. The lowest BCUT2D eigenvalue weighted by molar-refractivity contribution is 0.618. The molecule has 0 bridgehead atoms. The average Bonchev–Trinajstić information content (AvgIpc) is 3.16. The van der Waals surface area contributed by atoms with Crippen molar-refractivity contribution in [3.8, 4) is 12.8 Å². The number of fused-ring (bicyclic) bond motifs is 1. The summed E-state index contributed by atoms with van der Waals surface area (Å²) in [6.07, 6.45) is 8.37. The molecular weight excluding hydrogens is 317 g/mol. The fraction of sp³-hybridized carbons (Fsp3) is 0.200. The van der Waals surface area contributed by atoms with Gasteiger partial charge in [0.25, 0.3) is 0 Å². The first-order chi connectivity index (χ1) is 11.2. The molecule has 0 unspecified atom stereocenters. The quantitative estimate of drug-likeness (QED) is 0.535. The Labute approximate surface area is 136 Å². The Bertz CT molecular complexity index is 850. The van der Waals surface area contributed by atoms with Crippen LogP contribution in [-0.2, 0) is 13.0 Å². The Morgan fingerprint density at radius 1 is 1.39 bits per heavy atom. The van der Waals surface area contributed by atoms with Gasteiger partial charge < -0.3 is 16.0 Å². The van der Waals surface area contributed by atoms with Crippen LogP contribution in [0.1, 0.15) is 10.6 Å². The van der Waals surface area contributed by atoms with Gasteiger partial charge in [0.2, 0.25) is 0 Å². The summed E-state index contributed by atoms with van der Waals surface area (Å²) in [5.41, 5.74) is 5.62. The molecule has 0 spiro atoms. The Kier molecular flexibility index (Phi) is 5.51. The summed E-state index contributed by atoms with van der Waals surface area (Å²) in [6.45, 7) is 0.805. The third-order valence-electron chi connectivity index (χ3n) is 3.10. The number of rotatable bonds is 5. The number of halogens is 1. The van der Waals surface area contributed by atoms with Crippen LogP contribution in [0.2, 0.25) is 0 Å². The van der Waals surface area contributed by atoms with Crippen LogP contribution in [0.15, 0.2) is 22.3 Å². The van der Waals surface area contributed by atoms with E-state index in [4.69, 9.17) is 5.73 Å². The van der Waals surface area contributed by atoms with Gasteiger partial charge in [0.1, 0.15) is 11.5 Å². The molecule has 0 saturated heterocycles. The Hall–Kier alpha value is -2.63. The standard InChI is InChI=1S/C13H14FN5OS.C2H2/c14-10-8(3-4-15)17-12-9(10)11(18-13(20)19-12)16-6-7-2-1-5-21-7;1-2/h1-2,5H,3-4,6,15H2,(H3,16,17,18,19,20);1-2H. The number of thiophene rings is 1. The number of H-pyrrole nitrogens is 2. The average molecular weight is 333 g/mol. The van der Waals surface area contributed by atoms with Crippen molar-refractivity contribution in [2.45, 2.75) is 13.0 Å². The van der Waals surface area contributed by atoms with Gasteiger partial charge >= 0.3 is 5.69 Å². The summed E-state index contributed by atoms with van der Waals surface area (Å²) in [5, 5.41) is 5.23. The number of hydrogen-bond donors (Lipinski definition) is 4. The first-order valence-electron chi connectivity index (χ1n) is 6.79. The van der Waals surface area contributed by atoms with Gasteiger partial charge in [0.05, 0.1) is 17.6 Å². The Morgan fingerprint density at radius 2 is 2.17 bits per heavy atom. The van der Waals surface area contributed by atoms with Crippen LogP contribution in [0.4, 0.5) is 10.2 Å². The highest BCUT2D eigenvalue weighted by Crippen LogP contribution is 2.25. The highest BCUT2D eigenvalue weighted by Gasteiger charge is 2.16. The van der Waals surface area contributed by atoms with Gasteiger partial charge in [-0.25, -0.2) is 9.18 Å². The Morgan fingerprint density at radius 3 is 2.83 bits per heavy atom. The number of nitrogens with two attached hydrogens (primary N) is 1. The number of nitrogens with one attached hydrogen (secondary N) is 3. The number of aromatic amines is 2. The van der Waals surface area contributed by atoms with E-state index in [0.717, 1.165) is 4.88 Å². The van der Waals surface area contributed by atoms with Crippen LogP contribution >= 0.6 is 11.3 Å². The molecule has 8 heteroatoms. The van der Waals surface area contributed by atoms with Gasteiger partial charge in [0, 0.05) is 11.3 Å². The van der Waals surface area contributed by atoms with E-state index in [9.17, 15) is 9.18 Å². The van der Waals surface area contributed by atoms with E-state index in [1.807, 2.05) is 17.5 Å². The van der Waals surface area contributed by atoms with Crippen molar-refractivity contribution in [1.29, 1.82) is 0 Å². The zero-order chi connectivity index (χ0) is 16.8. The van der Waals surface area contributed by atoms with Gasteiger partial charge in [-0.15, -0.1) is 24.2 Å². The predicted molar refractivity (Wildman–Crippen MR) is 91.0 cm³/mol. The van der Waals surface area contributed by atoms with Crippen molar-refractivity contribution in [3.63, 3.8) is 0 Å². The first-order valence-corrected chi connectivity index (χ1v) is 7.67. The topological polar surface area (TPSA) is 99.6 Å². The van der Waals surface area contributed by atoms with Gasteiger partial charge in [-0.3, -0.25) is 4.98 Å². The molecule has 3 rings (SSSR count). The van der Waals surface area contributed by atoms with Crippen LogP contribution in [0.5, 0.6) is 0 Å². The molecule has 0 aliphatic carbocycles. The van der Waals surface area contributed by atoms with E-state index in [-0.39, 0.29) is 11.2 Å². The summed E-state index contributed by atoms with van der Waals surface area (Å²) in [4.78, 5) is 21.8. The summed E-state index contributed by atoms with van der Waals surface area (Å²) < 4.78 is 14.4. The summed E-state index contributed by atoms with van der Waals surface area (Å²) >= 11 is 1.57. The molecule has 3 aromatic rings. The minimum atomic E-state index is -0.531. The second kappa shape index (κ2) is 7.58. The van der Waals surface area contributed by atoms with Gasteiger partial charge in [-0.1, -0.05) is 6.07 Å². The summed E-state index contributed by atoms with van der Waals surface area (Å²) in [6, 6.07) is 3.88. The predicted octanol–water partition coefficient (Wildman–Crippen LogP) is 1.81. The fourth-order valence-electron chi connectivity index (χ4n) is 2.17. The van der Waals surface area contributed by atoms with Gasteiger partial charge in [-0.05, 0) is 18.0 Å². The van der Waals surface area contributed by atoms with E-state index in [1.165, 1.54) is 0 Å². The molecule has 3 heterocycles. The van der Waals surface area contributed by atoms with Crippen molar-refractivity contribution < 1.29 is 4.39 Å². The third-order valence-corrected chi connectivity index (χ3v) is 3.97. The molecule has 6 nitrogen and oxygen atoms in total. The largest absolute Gasteiger partial charge is 0.364 e. The van der Waals surface area contributed by atoms with E-state index in [0.29, 0.717) is 30.9 Å². The normalized spacial score (nSPS) is 10.3. The molecule has 0 aliphatic heterocycles. The van der Waals surface area contributed by atoms with Crippen LogP contribution in [-0.4, -0.2) is 21.5 Å². The van der Waals surface area contributed by atoms with E-state index < -0.39 is 11.5 Å². The lowest BCUT2D eigenvalue weighted by Gasteiger charge is -2.04. The zero-order valence-electron chi connectivity index (χ0n) is 12.2. The molecule has 23 heavy (non-hydrogen) atoms. The maximum absolute atomic E-state index is 14.4. The molecule has 120 valence electrons. The molecule has 0 atom stereocenters. The molecule has 0 aromatic carbocycles. The maximum atomic E-state index is 14.4. The number of aromatic nitrogens is 3. The highest BCUT2D eigenvalue weighted by molar-refractivity contribution is 7.09. The summed E-state index contributed by atoms with van der Waals surface area (Å²) in [5.74, 6) is -0.188. The molecule has 3 aromatic heterocycles. The van der Waals surface area contributed by atoms with Crippen molar-refractivity contribution in [1.82, 2.24) is 15.0 Å². The fourth-order valence-corrected chi connectivity index (χ4v) is 2.81. The number of anilines is 1. The molecule has 0 fully saturated rings. The van der Waals surface area contributed by atoms with Crippen LogP contribution in [0.3, 0.4) is 0 Å². The molecular formula is C15H16FN5OS. The van der Waals surface area contributed by atoms with E-state index >= 15 is 0 Å². The lowest BCUT2D eigenvalue weighted by Crippen LogP contribution is -2.14. The monoisotopic (exact) mass is 333 g/mol. The second-order valence-corrected chi connectivity index (χ2v) is 5.56. The zero-order valence-corrected chi connectivity index (χ0v) is 13.0. The van der Waals surface area contributed by atoms with Gasteiger partial charge in [0.15, 0.2) is 5.82 Å². The molecule has 5 N–H and O–H groups in total. The van der Waals surface area contributed by atoms with Crippen molar-refractivity contribution in [2.75, 3.05) is 11.9 Å². The minimum absolute atomic E-state index is 0.235. The number of terminal acetylenes is 1. The Balaban J connectivity index is 0.000000924. The molecule has 0 aliphatic rings. The summed E-state index contributed by atoms with van der Waals surface area (Å²) in [7, 11) is 0. The van der Waals surface area contributed by atoms with E-state index in [1.54, 1.807) is 11.3 Å². The van der Waals surface area contributed by atoms with Gasteiger partial charge in [-0.2, -0.15) is 4.98 Å². The van der Waals surface area contributed by atoms with Crippen molar-refractivity contribution in [2.24, 2.45) is 5.73 Å². The third kappa shape index (κ3) is 3.59. The lowest BCUT2D eigenvalue weighted by atomic mass is 10.2. The minimum Gasteiger partial charge on any atom is -0.364 e. The van der Waals surface area contributed by atoms with Crippen LogP contribution < -0.4 is 16.7 Å². The van der Waals surface area contributed by atoms with Crippen LogP contribution in [0, 0.1) is 18.7 Å². The molecule has 0 radical (unpaired) electrons. The molecule has 0 amide bonds. The van der Waals surface area contributed by atoms with E-state index in [2.05, 4.69) is 33.1 Å². The first kappa shape index (κ1) is 16.7. The second-order valence-electron chi connectivity index (χ2n) is 4.53. The maximum Gasteiger partial charge on any atom is 0.348 e. The molecule has 0 saturated carbocycles. The SMILES string of the molecule is C#C.NCCc1[nH]c2[nH]c(=O)nc(NCc3cccs3)c2c1F. The van der Waals surface area contributed by atoms with Crippen LogP contribution in [0.25, 0.3) is 11.0 Å². The number of hydrogen-bond acceptors (Lipinski definition) is 5. The van der Waals surface area contributed by atoms with Crippen molar-refractivity contribution in [3.05, 3.63) is 44.4 Å². The number of nitrogens with zero attached hydrogens (tertiary/aromatic N) is 1. The van der Waals surface area contributed by atoms with Crippen molar-refractivity contribution >= 4 is 28.2 Å². The highest BCUT2D eigenvalue weighted by atomic mass is 32.1.